The molecule has 2 rings (SSSR count). The number of hydrogen-bond donors (Lipinski definition) is 0. The van der Waals surface area contributed by atoms with Gasteiger partial charge in [-0.3, -0.25) is 9.69 Å². The Morgan fingerprint density at radius 1 is 1.11 bits per heavy atom. The summed E-state index contributed by atoms with van der Waals surface area (Å²) in [6.07, 6.45) is 2.47. The predicted molar refractivity (Wildman–Crippen MR) is 78.1 cm³/mol. The van der Waals surface area contributed by atoms with Crippen LogP contribution in [0.15, 0.2) is 0 Å². The minimum absolute atomic E-state index is 0.0701. The molecule has 19 heavy (non-hydrogen) atoms. The topological polar surface area (TPSA) is 26.8 Å². The van der Waals surface area contributed by atoms with Gasteiger partial charge in [0.05, 0.1) is 6.04 Å². The maximum Gasteiger partial charge on any atom is 0.239 e. The highest BCUT2D eigenvalue weighted by atomic mass is 16.2. The van der Waals surface area contributed by atoms with Crippen LogP contribution in [0.5, 0.6) is 0 Å². The fourth-order valence-electron chi connectivity index (χ4n) is 3.12. The third-order valence-electron chi connectivity index (χ3n) is 4.85. The molecule has 0 aromatic heterocycles. The molecule has 0 radical (unpaired) electrons. The molecule has 0 N–H and O–H groups in total. The van der Waals surface area contributed by atoms with E-state index in [1.807, 2.05) is 0 Å². The van der Waals surface area contributed by atoms with Crippen molar-refractivity contribution >= 4 is 5.91 Å². The molecule has 1 amide bonds. The van der Waals surface area contributed by atoms with E-state index in [0.717, 1.165) is 51.7 Å². The molecular formula is C15H29N3O. The fourth-order valence-corrected chi connectivity index (χ4v) is 3.12. The van der Waals surface area contributed by atoms with Crippen molar-refractivity contribution in [2.45, 2.75) is 39.7 Å². The number of rotatable bonds is 3. The molecule has 0 aromatic carbocycles. The summed E-state index contributed by atoms with van der Waals surface area (Å²) in [5, 5.41) is 0. The number of carbonyl (C=O) groups is 1. The van der Waals surface area contributed by atoms with Gasteiger partial charge in [0.2, 0.25) is 5.91 Å². The molecule has 0 saturated carbocycles. The van der Waals surface area contributed by atoms with Crippen molar-refractivity contribution in [1.29, 1.82) is 0 Å². The maximum atomic E-state index is 12.5. The van der Waals surface area contributed by atoms with Crippen LogP contribution in [-0.4, -0.2) is 72.5 Å². The standard InChI is InChI=1S/C15H29N3O/c1-4-16-9-11-18(12-10-16)15(19)14(3)17-7-5-13(2)6-8-17/h13-14H,4-12H2,1-3H3. The first-order valence-corrected chi connectivity index (χ1v) is 7.87. The highest BCUT2D eigenvalue weighted by Gasteiger charge is 2.29. The monoisotopic (exact) mass is 267 g/mol. The quantitative estimate of drug-likeness (QED) is 0.770. The summed E-state index contributed by atoms with van der Waals surface area (Å²) >= 11 is 0. The normalized spacial score (nSPS) is 25.5. The zero-order valence-electron chi connectivity index (χ0n) is 12.8. The van der Waals surface area contributed by atoms with Gasteiger partial charge < -0.3 is 9.80 Å². The van der Waals surface area contributed by atoms with Gasteiger partial charge in [-0.05, 0) is 45.3 Å². The first kappa shape index (κ1) is 14.8. The molecule has 0 spiro atoms. The van der Waals surface area contributed by atoms with Crippen molar-refractivity contribution in [2.75, 3.05) is 45.8 Å². The Balaban J connectivity index is 1.82. The van der Waals surface area contributed by atoms with Crippen LogP contribution >= 0.6 is 0 Å². The molecule has 2 aliphatic rings. The van der Waals surface area contributed by atoms with Crippen LogP contribution in [0.3, 0.4) is 0 Å². The summed E-state index contributed by atoms with van der Waals surface area (Å²) in [7, 11) is 0. The van der Waals surface area contributed by atoms with Crippen LogP contribution in [0.25, 0.3) is 0 Å². The van der Waals surface area contributed by atoms with Crippen molar-refractivity contribution in [3.05, 3.63) is 0 Å². The summed E-state index contributed by atoms with van der Waals surface area (Å²) in [5.74, 6) is 1.16. The Morgan fingerprint density at radius 3 is 2.21 bits per heavy atom. The van der Waals surface area contributed by atoms with Gasteiger partial charge in [-0.25, -0.2) is 0 Å². The van der Waals surface area contributed by atoms with E-state index < -0.39 is 0 Å². The van der Waals surface area contributed by atoms with Gasteiger partial charge in [-0.15, -0.1) is 0 Å². The van der Waals surface area contributed by atoms with E-state index in [-0.39, 0.29) is 6.04 Å². The number of hydrogen-bond acceptors (Lipinski definition) is 3. The first-order chi connectivity index (χ1) is 9.11. The van der Waals surface area contributed by atoms with E-state index in [4.69, 9.17) is 0 Å². The number of piperazine rings is 1. The zero-order valence-corrected chi connectivity index (χ0v) is 12.8. The van der Waals surface area contributed by atoms with Crippen LogP contribution in [0.4, 0.5) is 0 Å². The molecule has 0 aromatic rings. The molecule has 110 valence electrons. The van der Waals surface area contributed by atoms with Crippen molar-refractivity contribution in [2.24, 2.45) is 5.92 Å². The lowest BCUT2D eigenvalue weighted by atomic mass is 9.98. The van der Waals surface area contributed by atoms with E-state index in [9.17, 15) is 4.79 Å². The van der Waals surface area contributed by atoms with Crippen molar-refractivity contribution in [3.63, 3.8) is 0 Å². The van der Waals surface area contributed by atoms with Gasteiger partial charge in [0.15, 0.2) is 0 Å². The number of likely N-dealkylation sites (tertiary alicyclic amines) is 1. The smallest absolute Gasteiger partial charge is 0.239 e. The largest absolute Gasteiger partial charge is 0.339 e. The predicted octanol–water partition coefficient (Wildman–Crippen LogP) is 1.27. The Kier molecular flexibility index (Phi) is 5.22. The minimum Gasteiger partial charge on any atom is -0.339 e. The molecule has 2 fully saturated rings. The molecule has 0 bridgehead atoms. The van der Waals surface area contributed by atoms with E-state index in [1.165, 1.54) is 12.8 Å². The molecule has 2 aliphatic heterocycles. The molecule has 1 atom stereocenters. The van der Waals surface area contributed by atoms with Gasteiger partial charge in [0, 0.05) is 26.2 Å². The summed E-state index contributed by atoms with van der Waals surface area (Å²) in [6, 6.07) is 0.0701. The molecule has 2 heterocycles. The van der Waals surface area contributed by atoms with Crippen LogP contribution < -0.4 is 0 Å². The van der Waals surface area contributed by atoms with Crippen molar-refractivity contribution < 1.29 is 4.79 Å². The second-order valence-electron chi connectivity index (χ2n) is 6.15. The minimum atomic E-state index is 0.0701. The van der Waals surface area contributed by atoms with Gasteiger partial charge in [0.1, 0.15) is 0 Å². The highest BCUT2D eigenvalue weighted by Crippen LogP contribution is 2.19. The molecule has 2 saturated heterocycles. The average Bonchev–Trinajstić information content (AvgIpc) is 2.46. The lowest BCUT2D eigenvalue weighted by Crippen LogP contribution is -2.55. The van der Waals surface area contributed by atoms with Crippen molar-refractivity contribution in [1.82, 2.24) is 14.7 Å². The number of carbonyl (C=O) groups excluding carboxylic acids is 1. The first-order valence-electron chi connectivity index (χ1n) is 7.87. The Hall–Kier alpha value is -0.610. The van der Waals surface area contributed by atoms with E-state index in [0.29, 0.717) is 5.91 Å². The Morgan fingerprint density at radius 2 is 1.68 bits per heavy atom. The van der Waals surface area contributed by atoms with E-state index >= 15 is 0 Å². The fraction of sp³-hybridized carbons (Fsp3) is 0.933. The lowest BCUT2D eigenvalue weighted by molar-refractivity contribution is -0.138. The number of likely N-dealkylation sites (N-methyl/N-ethyl adjacent to an activating group) is 1. The van der Waals surface area contributed by atoms with Gasteiger partial charge >= 0.3 is 0 Å². The summed E-state index contributed by atoms with van der Waals surface area (Å²) < 4.78 is 0. The molecule has 0 aliphatic carbocycles. The zero-order chi connectivity index (χ0) is 13.8. The second kappa shape index (κ2) is 6.71. The average molecular weight is 267 g/mol. The summed E-state index contributed by atoms with van der Waals surface area (Å²) in [6.45, 7) is 13.7. The number of amides is 1. The molecule has 4 heteroatoms. The van der Waals surface area contributed by atoms with Crippen LogP contribution in [0, 0.1) is 5.92 Å². The van der Waals surface area contributed by atoms with Gasteiger partial charge in [-0.1, -0.05) is 13.8 Å². The molecule has 1 unspecified atom stereocenters. The number of piperidine rings is 1. The lowest BCUT2D eigenvalue weighted by Gasteiger charge is -2.39. The second-order valence-corrected chi connectivity index (χ2v) is 6.15. The number of nitrogens with zero attached hydrogens (tertiary/aromatic N) is 3. The third-order valence-corrected chi connectivity index (χ3v) is 4.85. The SMILES string of the molecule is CCN1CCN(C(=O)C(C)N2CCC(C)CC2)CC1. The molecular weight excluding hydrogens is 238 g/mol. The van der Waals surface area contributed by atoms with Crippen molar-refractivity contribution in [3.8, 4) is 0 Å². The Bertz CT molecular complexity index is 292. The van der Waals surface area contributed by atoms with Gasteiger partial charge in [0.25, 0.3) is 0 Å². The van der Waals surface area contributed by atoms with Crippen LogP contribution in [-0.2, 0) is 4.79 Å². The third kappa shape index (κ3) is 3.69. The van der Waals surface area contributed by atoms with E-state index in [2.05, 4.69) is 35.5 Å². The summed E-state index contributed by atoms with van der Waals surface area (Å²) in [5.41, 5.74) is 0. The molecule has 4 nitrogen and oxygen atoms in total. The van der Waals surface area contributed by atoms with E-state index in [1.54, 1.807) is 0 Å². The van der Waals surface area contributed by atoms with Gasteiger partial charge in [-0.2, -0.15) is 0 Å². The maximum absolute atomic E-state index is 12.5. The van der Waals surface area contributed by atoms with Crippen LogP contribution in [0.2, 0.25) is 0 Å². The van der Waals surface area contributed by atoms with Crippen LogP contribution in [0.1, 0.15) is 33.6 Å². The Labute approximate surface area is 117 Å². The summed E-state index contributed by atoms with van der Waals surface area (Å²) in [4.78, 5) is 19.4. The highest BCUT2D eigenvalue weighted by molar-refractivity contribution is 5.81.